The predicted octanol–water partition coefficient (Wildman–Crippen LogP) is 7.15. The van der Waals surface area contributed by atoms with Gasteiger partial charge in [0.05, 0.1) is 12.2 Å². The molecular formula is C39H33N3O2. The summed E-state index contributed by atoms with van der Waals surface area (Å²) in [5, 5.41) is 14.2. The summed E-state index contributed by atoms with van der Waals surface area (Å²) in [6, 6.07) is 47.0. The Morgan fingerprint density at radius 3 is 1.70 bits per heavy atom. The highest BCUT2D eigenvalue weighted by molar-refractivity contribution is 5.96. The van der Waals surface area contributed by atoms with E-state index in [1.807, 2.05) is 127 Å². The average Bonchev–Trinajstić information content (AvgIpc) is 3.09. The standard InChI is InChI=1S/C39H33N3O2/c40-25-34-35(26-41-27-36(34)43)37(30-17-13-16-29(24-30)28-14-5-1-6-15-28)42-38(44)39(31-18-7-2-8-19-31,32-20-9-3-10-21-32)33-22-11-4-12-23-33/h1-24,26-27,37,43H,25,40H2,(H,42,44)/t37-/m1/s1. The minimum absolute atomic E-state index is 0.0103. The summed E-state index contributed by atoms with van der Waals surface area (Å²) in [4.78, 5) is 19.5. The SMILES string of the molecule is NCc1c(O)cncc1[C@H](NC(=O)C(c1ccccc1)(c1ccccc1)c1ccccc1)c1cccc(-c2ccccc2)c1. The van der Waals surface area contributed by atoms with Crippen molar-refractivity contribution in [2.24, 2.45) is 5.73 Å². The van der Waals surface area contributed by atoms with Crippen molar-refractivity contribution < 1.29 is 9.90 Å². The number of carbonyl (C=O) groups is 1. The first-order chi connectivity index (χ1) is 21.6. The van der Waals surface area contributed by atoms with Crippen LogP contribution in [-0.2, 0) is 16.8 Å². The third-order valence-corrected chi connectivity index (χ3v) is 8.15. The fraction of sp³-hybridized carbons (Fsp3) is 0.0769. The summed E-state index contributed by atoms with van der Waals surface area (Å²) in [5.74, 6) is -0.230. The van der Waals surface area contributed by atoms with Gasteiger partial charge in [0.2, 0.25) is 5.91 Å². The summed E-state index contributed by atoms with van der Waals surface area (Å²) in [7, 11) is 0. The van der Waals surface area contributed by atoms with Crippen molar-refractivity contribution in [1.29, 1.82) is 0 Å². The quantitative estimate of drug-likeness (QED) is 0.160. The Bertz CT molecular complexity index is 1750. The molecule has 0 spiro atoms. The molecule has 1 atom stereocenters. The first-order valence-electron chi connectivity index (χ1n) is 14.6. The van der Waals surface area contributed by atoms with Crippen molar-refractivity contribution in [3.8, 4) is 16.9 Å². The maximum Gasteiger partial charge on any atom is 0.240 e. The highest BCUT2D eigenvalue weighted by atomic mass is 16.3. The van der Waals surface area contributed by atoms with E-state index in [9.17, 15) is 5.11 Å². The van der Waals surface area contributed by atoms with E-state index in [4.69, 9.17) is 5.73 Å². The van der Waals surface area contributed by atoms with Crippen LogP contribution in [0.15, 0.2) is 158 Å². The van der Waals surface area contributed by atoms with Crippen molar-refractivity contribution in [2.75, 3.05) is 0 Å². The molecule has 0 fully saturated rings. The molecule has 5 nitrogen and oxygen atoms in total. The van der Waals surface area contributed by atoms with Gasteiger partial charge in [-0.15, -0.1) is 0 Å². The molecule has 6 aromatic rings. The van der Waals surface area contributed by atoms with Gasteiger partial charge in [-0.1, -0.05) is 140 Å². The summed E-state index contributed by atoms with van der Waals surface area (Å²) in [6.45, 7) is 0.0790. The lowest BCUT2D eigenvalue weighted by Crippen LogP contribution is -2.47. The minimum Gasteiger partial charge on any atom is -0.506 e. The molecule has 0 radical (unpaired) electrons. The number of amides is 1. The largest absolute Gasteiger partial charge is 0.506 e. The lowest BCUT2D eigenvalue weighted by atomic mass is 9.68. The lowest BCUT2D eigenvalue weighted by molar-refractivity contribution is -0.124. The van der Waals surface area contributed by atoms with Gasteiger partial charge < -0.3 is 16.2 Å². The number of hydrogen-bond acceptors (Lipinski definition) is 4. The van der Waals surface area contributed by atoms with Gasteiger partial charge in [-0.05, 0) is 39.4 Å². The molecular weight excluding hydrogens is 542 g/mol. The number of benzene rings is 5. The second kappa shape index (κ2) is 12.8. The fourth-order valence-corrected chi connectivity index (χ4v) is 6.03. The first-order valence-corrected chi connectivity index (χ1v) is 14.6. The number of nitrogens with one attached hydrogen (secondary N) is 1. The van der Waals surface area contributed by atoms with Gasteiger partial charge in [-0.25, -0.2) is 0 Å². The van der Waals surface area contributed by atoms with Crippen LogP contribution >= 0.6 is 0 Å². The van der Waals surface area contributed by atoms with Crippen LogP contribution in [0.2, 0.25) is 0 Å². The molecule has 0 saturated carbocycles. The van der Waals surface area contributed by atoms with Crippen LogP contribution in [0.3, 0.4) is 0 Å². The second-order valence-corrected chi connectivity index (χ2v) is 10.7. The zero-order chi connectivity index (χ0) is 30.4. The average molecular weight is 576 g/mol. The molecule has 216 valence electrons. The number of rotatable bonds is 9. The summed E-state index contributed by atoms with van der Waals surface area (Å²) in [6.07, 6.45) is 3.06. The molecule has 1 amide bonds. The molecule has 5 heteroatoms. The summed E-state index contributed by atoms with van der Waals surface area (Å²) in [5.41, 5.74) is 11.5. The van der Waals surface area contributed by atoms with Gasteiger partial charge in [-0.3, -0.25) is 9.78 Å². The number of carbonyl (C=O) groups excluding carboxylic acids is 1. The Hall–Kier alpha value is -5.52. The number of pyridine rings is 1. The Labute approximate surface area is 257 Å². The molecule has 0 aliphatic carbocycles. The predicted molar refractivity (Wildman–Crippen MR) is 175 cm³/mol. The summed E-state index contributed by atoms with van der Waals surface area (Å²) < 4.78 is 0. The van der Waals surface area contributed by atoms with Gasteiger partial charge in [0.1, 0.15) is 11.2 Å². The van der Waals surface area contributed by atoms with Crippen molar-refractivity contribution in [2.45, 2.75) is 18.0 Å². The Kier molecular flexibility index (Phi) is 8.30. The second-order valence-electron chi connectivity index (χ2n) is 10.7. The van der Waals surface area contributed by atoms with Crippen LogP contribution < -0.4 is 11.1 Å². The van der Waals surface area contributed by atoms with Gasteiger partial charge in [0, 0.05) is 23.9 Å². The van der Waals surface area contributed by atoms with Crippen molar-refractivity contribution in [1.82, 2.24) is 10.3 Å². The molecule has 44 heavy (non-hydrogen) atoms. The Morgan fingerprint density at radius 1 is 0.682 bits per heavy atom. The van der Waals surface area contributed by atoms with Crippen LogP contribution in [-0.4, -0.2) is 16.0 Å². The van der Waals surface area contributed by atoms with Crippen molar-refractivity contribution in [3.05, 3.63) is 191 Å². The van der Waals surface area contributed by atoms with Crippen LogP contribution in [0.1, 0.15) is 39.4 Å². The highest BCUT2D eigenvalue weighted by Crippen LogP contribution is 2.41. The molecule has 4 N–H and O–H groups in total. The zero-order valence-electron chi connectivity index (χ0n) is 24.2. The molecule has 0 saturated heterocycles. The third kappa shape index (κ3) is 5.37. The van der Waals surface area contributed by atoms with Gasteiger partial charge in [0.25, 0.3) is 0 Å². The Morgan fingerprint density at radius 2 is 1.18 bits per heavy atom. The monoisotopic (exact) mass is 575 g/mol. The van der Waals surface area contributed by atoms with E-state index in [-0.39, 0.29) is 18.2 Å². The summed E-state index contributed by atoms with van der Waals surface area (Å²) >= 11 is 0. The molecule has 1 heterocycles. The Balaban J connectivity index is 1.57. The first kappa shape index (κ1) is 28.6. The van der Waals surface area contributed by atoms with Gasteiger partial charge in [-0.2, -0.15) is 0 Å². The van der Waals surface area contributed by atoms with E-state index in [1.54, 1.807) is 6.20 Å². The smallest absolute Gasteiger partial charge is 0.240 e. The lowest BCUT2D eigenvalue weighted by Gasteiger charge is -2.36. The van der Waals surface area contributed by atoms with E-state index in [2.05, 4.69) is 28.5 Å². The fourth-order valence-electron chi connectivity index (χ4n) is 6.03. The van der Waals surface area contributed by atoms with Gasteiger partial charge >= 0.3 is 0 Å². The normalized spacial score (nSPS) is 11.9. The number of nitrogens with zero attached hydrogens (tertiary/aromatic N) is 1. The molecule has 6 rings (SSSR count). The maximum absolute atomic E-state index is 15.2. The number of hydrogen-bond donors (Lipinski definition) is 3. The van der Waals surface area contributed by atoms with Crippen LogP contribution in [0.5, 0.6) is 5.75 Å². The molecule has 5 aromatic carbocycles. The minimum atomic E-state index is -1.19. The number of aromatic nitrogens is 1. The van der Waals surface area contributed by atoms with Crippen LogP contribution in [0, 0.1) is 0 Å². The third-order valence-electron chi connectivity index (χ3n) is 8.15. The molecule has 0 aliphatic rings. The van der Waals surface area contributed by atoms with E-state index >= 15 is 4.79 Å². The van der Waals surface area contributed by atoms with Crippen LogP contribution in [0.4, 0.5) is 0 Å². The van der Waals surface area contributed by atoms with Crippen molar-refractivity contribution in [3.63, 3.8) is 0 Å². The van der Waals surface area contributed by atoms with E-state index in [1.165, 1.54) is 6.20 Å². The zero-order valence-corrected chi connectivity index (χ0v) is 24.2. The number of aromatic hydroxyl groups is 1. The van der Waals surface area contributed by atoms with Gasteiger partial charge in [0.15, 0.2) is 0 Å². The maximum atomic E-state index is 15.2. The van der Waals surface area contributed by atoms with E-state index in [0.29, 0.717) is 11.1 Å². The highest BCUT2D eigenvalue weighted by Gasteiger charge is 2.44. The molecule has 0 unspecified atom stereocenters. The van der Waals surface area contributed by atoms with E-state index < -0.39 is 11.5 Å². The van der Waals surface area contributed by atoms with Crippen LogP contribution in [0.25, 0.3) is 11.1 Å². The van der Waals surface area contributed by atoms with Crippen molar-refractivity contribution >= 4 is 5.91 Å². The molecule has 0 aliphatic heterocycles. The number of nitrogens with two attached hydrogens (primary N) is 1. The van der Waals surface area contributed by atoms with E-state index in [0.717, 1.165) is 33.4 Å². The topological polar surface area (TPSA) is 88.2 Å². The molecule has 1 aromatic heterocycles. The molecule has 0 bridgehead atoms.